The molecule has 10 nitrogen and oxygen atoms in total. The minimum absolute atomic E-state index is 0.229. The van der Waals surface area contributed by atoms with Crippen molar-refractivity contribution in [3.05, 3.63) is 6.33 Å². The summed E-state index contributed by atoms with van der Waals surface area (Å²) < 4.78 is 11.9. The van der Waals surface area contributed by atoms with Crippen LogP contribution >= 0.6 is 0 Å². The van der Waals surface area contributed by atoms with Crippen molar-refractivity contribution in [3.8, 4) is 0 Å². The van der Waals surface area contributed by atoms with Crippen molar-refractivity contribution in [1.29, 1.82) is 0 Å². The van der Waals surface area contributed by atoms with Crippen LogP contribution in [-0.4, -0.2) is 84.8 Å². The van der Waals surface area contributed by atoms with Gasteiger partial charge in [-0.15, -0.1) is 0 Å². The summed E-state index contributed by atoms with van der Waals surface area (Å²) >= 11 is -0.825. The zero-order chi connectivity index (χ0) is 22.7. The van der Waals surface area contributed by atoms with E-state index in [0.717, 1.165) is 31.7 Å². The first-order valence-electron chi connectivity index (χ1n) is 11.5. The summed E-state index contributed by atoms with van der Waals surface area (Å²) in [5.41, 5.74) is 1.26. The molecule has 32 heavy (non-hydrogen) atoms. The summed E-state index contributed by atoms with van der Waals surface area (Å²) in [5.74, 6) is 2.76. The van der Waals surface area contributed by atoms with Crippen LogP contribution in [0.5, 0.6) is 0 Å². The molecule has 176 valence electrons. The van der Waals surface area contributed by atoms with Crippen molar-refractivity contribution < 1.29 is 14.8 Å². The van der Waals surface area contributed by atoms with E-state index in [-0.39, 0.29) is 5.95 Å². The lowest BCUT2D eigenvalue weighted by atomic mass is 10.1. The Hall–Kier alpha value is -1.95. The van der Waals surface area contributed by atoms with Crippen molar-refractivity contribution in [1.82, 2.24) is 19.9 Å². The van der Waals surface area contributed by atoms with Gasteiger partial charge in [0, 0.05) is 13.1 Å². The summed E-state index contributed by atoms with van der Waals surface area (Å²) in [6, 6.07) is 0. The van der Waals surface area contributed by atoms with Crippen molar-refractivity contribution in [2.45, 2.75) is 58.4 Å². The quantitative estimate of drug-likeness (QED) is 0.494. The van der Waals surface area contributed by atoms with Crippen LogP contribution in [0.15, 0.2) is 6.33 Å². The normalized spacial score (nSPS) is 20.7. The van der Waals surface area contributed by atoms with E-state index in [1.54, 1.807) is 20.2 Å². The SMILES string of the molecule is CC(O)N(c1nc(N2CC[S+]([O-])CC2)c2ncnc(N3CCCCCCC3)c2n1)C(C)O. The van der Waals surface area contributed by atoms with Crippen LogP contribution in [-0.2, 0) is 11.2 Å². The number of fused-ring (bicyclic) bond motifs is 1. The molecule has 0 radical (unpaired) electrons. The second-order valence-corrected chi connectivity index (χ2v) is 10.2. The topological polar surface area (TPSA) is 125 Å². The Balaban J connectivity index is 1.85. The molecular formula is C21H33N7O3S. The molecule has 2 unspecified atom stereocenters. The number of aliphatic hydroxyl groups is 2. The molecule has 4 rings (SSSR count). The van der Waals surface area contributed by atoms with Gasteiger partial charge in [-0.05, 0) is 26.7 Å². The molecule has 0 bridgehead atoms. The minimum atomic E-state index is -0.982. The van der Waals surface area contributed by atoms with Gasteiger partial charge in [-0.3, -0.25) is 4.90 Å². The van der Waals surface area contributed by atoms with Crippen LogP contribution in [0.2, 0.25) is 0 Å². The van der Waals surface area contributed by atoms with Crippen LogP contribution in [0.3, 0.4) is 0 Å². The summed E-state index contributed by atoms with van der Waals surface area (Å²) in [4.78, 5) is 24.3. The molecule has 2 saturated heterocycles. The number of hydrogen-bond donors (Lipinski definition) is 2. The lowest BCUT2D eigenvalue weighted by Gasteiger charge is -2.33. The molecule has 0 spiro atoms. The number of aromatic nitrogens is 4. The van der Waals surface area contributed by atoms with Gasteiger partial charge in [0.15, 0.2) is 11.6 Å². The van der Waals surface area contributed by atoms with E-state index in [1.807, 2.05) is 0 Å². The van der Waals surface area contributed by atoms with Gasteiger partial charge in [0.25, 0.3) is 0 Å². The predicted octanol–water partition coefficient (Wildman–Crippen LogP) is 1.24. The molecule has 2 aromatic rings. The van der Waals surface area contributed by atoms with Crippen LogP contribution in [0.4, 0.5) is 17.6 Å². The molecule has 2 N–H and O–H groups in total. The van der Waals surface area contributed by atoms with Gasteiger partial charge < -0.3 is 24.6 Å². The molecule has 2 aliphatic rings. The largest absolute Gasteiger partial charge is 0.616 e. The number of anilines is 3. The van der Waals surface area contributed by atoms with E-state index < -0.39 is 23.6 Å². The van der Waals surface area contributed by atoms with Crippen molar-refractivity contribution in [2.24, 2.45) is 0 Å². The molecule has 2 atom stereocenters. The van der Waals surface area contributed by atoms with E-state index >= 15 is 0 Å². The Morgan fingerprint density at radius 1 is 0.844 bits per heavy atom. The second-order valence-electron chi connectivity index (χ2n) is 8.50. The number of rotatable bonds is 5. The Labute approximate surface area is 191 Å². The van der Waals surface area contributed by atoms with Crippen molar-refractivity contribution in [3.63, 3.8) is 0 Å². The Bertz CT molecular complexity index is 892. The van der Waals surface area contributed by atoms with Gasteiger partial charge in [0.1, 0.15) is 41.3 Å². The third-order valence-electron chi connectivity index (χ3n) is 6.10. The summed E-state index contributed by atoms with van der Waals surface area (Å²) in [6.07, 6.45) is 5.47. The van der Waals surface area contributed by atoms with E-state index in [0.29, 0.717) is 41.4 Å². The number of nitrogens with zero attached hydrogens (tertiary/aromatic N) is 7. The van der Waals surface area contributed by atoms with E-state index in [1.165, 1.54) is 24.2 Å². The zero-order valence-electron chi connectivity index (χ0n) is 18.9. The third kappa shape index (κ3) is 5.00. The molecule has 0 aliphatic carbocycles. The molecule has 2 aliphatic heterocycles. The molecule has 0 saturated carbocycles. The molecule has 0 aromatic carbocycles. The van der Waals surface area contributed by atoms with E-state index in [2.05, 4.69) is 19.8 Å². The zero-order valence-corrected chi connectivity index (χ0v) is 19.7. The van der Waals surface area contributed by atoms with Crippen molar-refractivity contribution >= 4 is 39.8 Å². The summed E-state index contributed by atoms with van der Waals surface area (Å²) in [5, 5.41) is 20.6. The highest BCUT2D eigenvalue weighted by atomic mass is 32.2. The Kier molecular flexibility index (Phi) is 7.49. The fourth-order valence-electron chi connectivity index (χ4n) is 4.43. The predicted molar refractivity (Wildman–Crippen MR) is 126 cm³/mol. The smallest absolute Gasteiger partial charge is 0.232 e. The molecule has 4 heterocycles. The summed E-state index contributed by atoms with van der Waals surface area (Å²) in [6.45, 7) is 6.16. The van der Waals surface area contributed by atoms with Crippen LogP contribution in [0, 0.1) is 0 Å². The van der Waals surface area contributed by atoms with E-state index in [4.69, 9.17) is 9.97 Å². The van der Waals surface area contributed by atoms with Crippen molar-refractivity contribution in [2.75, 3.05) is 52.4 Å². The van der Waals surface area contributed by atoms with Gasteiger partial charge in [-0.2, -0.15) is 4.98 Å². The second kappa shape index (κ2) is 10.3. The van der Waals surface area contributed by atoms with Crippen LogP contribution < -0.4 is 14.7 Å². The first kappa shape index (κ1) is 23.2. The third-order valence-corrected chi connectivity index (χ3v) is 7.38. The average Bonchev–Trinajstić information content (AvgIpc) is 2.73. The Morgan fingerprint density at radius 3 is 2.06 bits per heavy atom. The molecule has 0 amide bonds. The fourth-order valence-corrected chi connectivity index (χ4v) is 5.48. The monoisotopic (exact) mass is 463 g/mol. The lowest BCUT2D eigenvalue weighted by molar-refractivity contribution is 0.103. The number of hydrogen-bond acceptors (Lipinski definition) is 10. The maximum absolute atomic E-state index is 11.9. The van der Waals surface area contributed by atoms with Gasteiger partial charge in [0.05, 0.1) is 13.1 Å². The van der Waals surface area contributed by atoms with E-state index in [9.17, 15) is 14.8 Å². The maximum atomic E-state index is 11.9. The van der Waals surface area contributed by atoms with Gasteiger partial charge in [-0.25, -0.2) is 15.0 Å². The molecule has 2 aromatic heterocycles. The first-order valence-corrected chi connectivity index (χ1v) is 13.0. The Morgan fingerprint density at radius 2 is 1.44 bits per heavy atom. The van der Waals surface area contributed by atoms with Crippen LogP contribution in [0.1, 0.15) is 46.0 Å². The summed E-state index contributed by atoms with van der Waals surface area (Å²) in [7, 11) is 0. The highest BCUT2D eigenvalue weighted by molar-refractivity contribution is 7.91. The minimum Gasteiger partial charge on any atom is -0.616 e. The standard InChI is InChI=1S/C21H33N7O3S/c1-15(29)28(16(2)30)21-24-18-17(20(25-21)27-10-12-32(31)13-11-27)22-14-23-19(18)26-8-6-4-3-5-7-9-26/h14-16,29-30H,3-13H2,1-2H3. The fraction of sp³-hybridized carbons (Fsp3) is 0.714. The highest BCUT2D eigenvalue weighted by Crippen LogP contribution is 2.32. The van der Waals surface area contributed by atoms with Gasteiger partial charge in [-0.1, -0.05) is 30.4 Å². The van der Waals surface area contributed by atoms with Gasteiger partial charge in [0.2, 0.25) is 5.95 Å². The highest BCUT2D eigenvalue weighted by Gasteiger charge is 2.28. The lowest BCUT2D eigenvalue weighted by Crippen LogP contribution is -2.43. The average molecular weight is 464 g/mol. The molecule has 2 fully saturated rings. The first-order chi connectivity index (χ1) is 15.5. The maximum Gasteiger partial charge on any atom is 0.232 e. The molecule has 11 heteroatoms. The van der Waals surface area contributed by atoms with Gasteiger partial charge >= 0.3 is 0 Å². The number of aliphatic hydroxyl groups excluding tert-OH is 2. The van der Waals surface area contributed by atoms with Crippen LogP contribution in [0.25, 0.3) is 11.0 Å². The molecular weight excluding hydrogens is 430 g/mol.